The summed E-state index contributed by atoms with van der Waals surface area (Å²) in [4.78, 5) is 12.0. The zero-order valence-electron chi connectivity index (χ0n) is 11.1. The Hall–Kier alpha value is -1.42. The van der Waals surface area contributed by atoms with E-state index >= 15 is 0 Å². The standard InChI is InChI=1S/C15H18O3S/c1-2-3-6-9-19(17)11-13(16)15-10-12-7-4-5-8-14(12)18-15/h4-5,7-8,10H,2-3,6,9,11H2,1H3. The first-order valence-electron chi connectivity index (χ1n) is 6.57. The third kappa shape index (κ3) is 3.77. The number of unbranched alkanes of at least 4 members (excludes halogenated alkanes) is 2. The van der Waals surface area contributed by atoms with Gasteiger partial charge in [-0.2, -0.15) is 0 Å². The second-order valence-corrected chi connectivity index (χ2v) is 6.14. The molecule has 1 aromatic carbocycles. The smallest absolute Gasteiger partial charge is 0.210 e. The summed E-state index contributed by atoms with van der Waals surface area (Å²) in [5, 5.41) is 0.905. The molecule has 0 aliphatic rings. The first-order valence-corrected chi connectivity index (χ1v) is 8.06. The van der Waals surface area contributed by atoms with Crippen molar-refractivity contribution in [3.63, 3.8) is 0 Å². The van der Waals surface area contributed by atoms with Crippen LogP contribution in [0.1, 0.15) is 36.7 Å². The summed E-state index contributed by atoms with van der Waals surface area (Å²) in [5.74, 6) is 0.791. The van der Waals surface area contributed by atoms with Gasteiger partial charge in [-0.05, 0) is 18.6 Å². The maximum absolute atomic E-state index is 12.0. The lowest BCUT2D eigenvalue weighted by molar-refractivity contribution is 0.0993. The molecular formula is C15H18O3S. The van der Waals surface area contributed by atoms with Crippen molar-refractivity contribution >= 4 is 27.6 Å². The van der Waals surface area contributed by atoms with Gasteiger partial charge in [-0.25, -0.2) is 0 Å². The highest BCUT2D eigenvalue weighted by Crippen LogP contribution is 2.19. The Balaban J connectivity index is 1.97. The number of rotatable bonds is 7. The molecule has 0 bridgehead atoms. The zero-order valence-corrected chi connectivity index (χ0v) is 11.9. The molecule has 1 atom stereocenters. The average Bonchev–Trinajstić information content (AvgIpc) is 2.83. The number of Topliss-reactive ketones (excluding diaryl/α,β-unsaturated/α-hetero) is 1. The Morgan fingerprint density at radius 1 is 1.26 bits per heavy atom. The van der Waals surface area contributed by atoms with Crippen LogP contribution in [0, 0.1) is 0 Å². The van der Waals surface area contributed by atoms with Gasteiger partial charge in [0.25, 0.3) is 0 Å². The van der Waals surface area contributed by atoms with E-state index in [0.717, 1.165) is 24.6 Å². The van der Waals surface area contributed by atoms with Crippen LogP contribution in [-0.4, -0.2) is 21.5 Å². The molecule has 0 saturated heterocycles. The van der Waals surface area contributed by atoms with Crippen LogP contribution in [0.3, 0.4) is 0 Å². The van der Waals surface area contributed by atoms with Gasteiger partial charge in [0.1, 0.15) is 5.58 Å². The molecule has 3 nitrogen and oxygen atoms in total. The predicted octanol–water partition coefficient (Wildman–Crippen LogP) is 3.55. The van der Waals surface area contributed by atoms with E-state index in [0.29, 0.717) is 17.1 Å². The number of para-hydroxylation sites is 1. The molecule has 0 aliphatic heterocycles. The maximum atomic E-state index is 12.0. The molecular weight excluding hydrogens is 260 g/mol. The second kappa shape index (κ2) is 6.66. The molecule has 1 unspecified atom stereocenters. The van der Waals surface area contributed by atoms with Crippen LogP contribution in [0.4, 0.5) is 0 Å². The van der Waals surface area contributed by atoms with E-state index < -0.39 is 10.8 Å². The van der Waals surface area contributed by atoms with Gasteiger partial charge in [0.05, 0.1) is 5.75 Å². The Labute approximate surface area is 115 Å². The summed E-state index contributed by atoms with van der Waals surface area (Å²) in [7, 11) is -1.08. The van der Waals surface area contributed by atoms with Crippen LogP contribution >= 0.6 is 0 Å². The molecule has 1 aromatic heterocycles. The van der Waals surface area contributed by atoms with E-state index in [2.05, 4.69) is 6.92 Å². The summed E-state index contributed by atoms with van der Waals surface area (Å²) in [5.41, 5.74) is 0.697. The van der Waals surface area contributed by atoms with Gasteiger partial charge in [-0.1, -0.05) is 38.0 Å². The third-order valence-corrected chi connectivity index (χ3v) is 4.30. The normalized spacial score (nSPS) is 12.7. The second-order valence-electron chi connectivity index (χ2n) is 4.57. The van der Waals surface area contributed by atoms with Gasteiger partial charge in [-0.3, -0.25) is 9.00 Å². The van der Waals surface area contributed by atoms with E-state index in [-0.39, 0.29) is 11.5 Å². The molecule has 0 fully saturated rings. The number of ketones is 1. The van der Waals surface area contributed by atoms with Gasteiger partial charge in [0.15, 0.2) is 5.76 Å². The minimum absolute atomic E-state index is 0.0591. The minimum atomic E-state index is -1.08. The Morgan fingerprint density at radius 3 is 2.79 bits per heavy atom. The molecule has 4 heteroatoms. The summed E-state index contributed by atoms with van der Waals surface area (Å²) < 4.78 is 17.2. The lowest BCUT2D eigenvalue weighted by atomic mass is 10.2. The average molecular weight is 278 g/mol. The Bertz CT molecular complexity index is 553. The fourth-order valence-electron chi connectivity index (χ4n) is 1.92. The maximum Gasteiger partial charge on any atom is 0.210 e. The Morgan fingerprint density at radius 2 is 2.05 bits per heavy atom. The van der Waals surface area contributed by atoms with E-state index in [1.165, 1.54) is 0 Å². The number of benzene rings is 1. The van der Waals surface area contributed by atoms with Crippen LogP contribution in [-0.2, 0) is 10.8 Å². The summed E-state index contributed by atoms with van der Waals surface area (Å²) in [6.07, 6.45) is 3.07. The number of hydrogen-bond donors (Lipinski definition) is 0. The monoisotopic (exact) mass is 278 g/mol. The molecule has 2 rings (SSSR count). The molecule has 0 radical (unpaired) electrons. The van der Waals surface area contributed by atoms with Crippen molar-refractivity contribution in [2.45, 2.75) is 26.2 Å². The molecule has 1 heterocycles. The minimum Gasteiger partial charge on any atom is -0.453 e. The summed E-state index contributed by atoms with van der Waals surface area (Å²) in [6.45, 7) is 2.10. The van der Waals surface area contributed by atoms with Gasteiger partial charge >= 0.3 is 0 Å². The molecule has 0 spiro atoms. The highest BCUT2D eigenvalue weighted by molar-refractivity contribution is 7.85. The summed E-state index contributed by atoms with van der Waals surface area (Å²) >= 11 is 0. The van der Waals surface area contributed by atoms with Gasteiger partial charge in [-0.15, -0.1) is 0 Å². The molecule has 0 aliphatic carbocycles. The zero-order chi connectivity index (χ0) is 13.7. The number of fused-ring (bicyclic) bond motifs is 1. The fraction of sp³-hybridized carbons (Fsp3) is 0.400. The number of carbonyl (C=O) groups is 1. The molecule has 2 aromatic rings. The highest BCUT2D eigenvalue weighted by atomic mass is 32.2. The SMILES string of the molecule is CCCCCS(=O)CC(=O)c1cc2ccccc2o1. The predicted molar refractivity (Wildman–Crippen MR) is 77.9 cm³/mol. The highest BCUT2D eigenvalue weighted by Gasteiger charge is 2.15. The van der Waals surface area contributed by atoms with Crippen molar-refractivity contribution in [3.05, 3.63) is 36.1 Å². The first-order chi connectivity index (χ1) is 9.20. The third-order valence-electron chi connectivity index (χ3n) is 2.97. The van der Waals surface area contributed by atoms with E-state index in [9.17, 15) is 9.00 Å². The topological polar surface area (TPSA) is 47.3 Å². The molecule has 0 saturated carbocycles. The van der Waals surface area contributed by atoms with Crippen LogP contribution in [0.5, 0.6) is 0 Å². The van der Waals surface area contributed by atoms with Crippen molar-refractivity contribution in [2.75, 3.05) is 11.5 Å². The molecule has 102 valence electrons. The summed E-state index contributed by atoms with van der Waals surface area (Å²) in [6, 6.07) is 9.21. The van der Waals surface area contributed by atoms with Crippen LogP contribution in [0.25, 0.3) is 11.0 Å². The molecule has 19 heavy (non-hydrogen) atoms. The van der Waals surface area contributed by atoms with Crippen molar-refractivity contribution in [1.82, 2.24) is 0 Å². The Kier molecular flexibility index (Phi) is 4.91. The fourth-order valence-corrected chi connectivity index (χ4v) is 3.03. The van der Waals surface area contributed by atoms with Crippen molar-refractivity contribution in [2.24, 2.45) is 0 Å². The number of furan rings is 1. The van der Waals surface area contributed by atoms with Crippen LogP contribution < -0.4 is 0 Å². The van der Waals surface area contributed by atoms with Gasteiger partial charge < -0.3 is 4.42 Å². The lowest BCUT2D eigenvalue weighted by Crippen LogP contribution is -2.12. The quantitative estimate of drug-likeness (QED) is 0.574. The van der Waals surface area contributed by atoms with E-state index in [1.807, 2.05) is 24.3 Å². The number of carbonyl (C=O) groups excluding carboxylic acids is 1. The molecule has 0 N–H and O–H groups in total. The number of hydrogen-bond acceptors (Lipinski definition) is 3. The van der Waals surface area contributed by atoms with Crippen LogP contribution in [0.2, 0.25) is 0 Å². The van der Waals surface area contributed by atoms with Crippen molar-refractivity contribution in [3.8, 4) is 0 Å². The van der Waals surface area contributed by atoms with E-state index in [1.54, 1.807) is 6.07 Å². The van der Waals surface area contributed by atoms with Crippen molar-refractivity contribution in [1.29, 1.82) is 0 Å². The van der Waals surface area contributed by atoms with Crippen LogP contribution in [0.15, 0.2) is 34.7 Å². The largest absolute Gasteiger partial charge is 0.453 e. The van der Waals surface area contributed by atoms with Crippen molar-refractivity contribution < 1.29 is 13.4 Å². The lowest BCUT2D eigenvalue weighted by Gasteiger charge is -1.99. The molecule has 0 amide bonds. The first kappa shape index (κ1) is 14.0. The van der Waals surface area contributed by atoms with Gasteiger partial charge in [0.2, 0.25) is 5.78 Å². The van der Waals surface area contributed by atoms with Gasteiger partial charge in [0, 0.05) is 21.9 Å². The van der Waals surface area contributed by atoms with E-state index in [4.69, 9.17) is 4.42 Å².